The molecule has 8 heteroatoms. The number of methoxy groups -OCH3 is 1. The van der Waals surface area contributed by atoms with Gasteiger partial charge in [-0.25, -0.2) is 0 Å². The molecule has 4 rings (SSSR count). The van der Waals surface area contributed by atoms with E-state index >= 15 is 0 Å². The molecule has 0 spiro atoms. The number of rotatable bonds is 10. The predicted octanol–water partition coefficient (Wildman–Crippen LogP) is 3.65. The van der Waals surface area contributed by atoms with E-state index in [1.54, 1.807) is 23.3 Å². The van der Waals surface area contributed by atoms with Crippen LogP contribution in [0.5, 0.6) is 5.75 Å². The molecule has 2 amide bonds. The topological polar surface area (TPSA) is 71.1 Å². The van der Waals surface area contributed by atoms with Gasteiger partial charge in [-0.05, 0) is 42.0 Å². The Balaban J connectivity index is 1.61. The molecule has 1 N–H and O–H groups in total. The molecule has 0 radical (unpaired) electrons. The van der Waals surface area contributed by atoms with E-state index in [2.05, 4.69) is 10.2 Å². The zero-order chi connectivity index (χ0) is 24.5. The molecule has 2 fully saturated rings. The maximum absolute atomic E-state index is 13.8. The highest BCUT2D eigenvalue weighted by Crippen LogP contribution is 2.28. The number of hydrogen-bond donors (Lipinski definition) is 1. The summed E-state index contributed by atoms with van der Waals surface area (Å²) in [4.78, 5) is 32.6. The summed E-state index contributed by atoms with van der Waals surface area (Å²) in [6.45, 7) is 4.26. The molecule has 2 heterocycles. The lowest BCUT2D eigenvalue weighted by atomic mass is 9.94. The quantitative estimate of drug-likeness (QED) is 0.540. The van der Waals surface area contributed by atoms with Crippen molar-refractivity contribution >= 4 is 23.2 Å². The van der Waals surface area contributed by atoms with Gasteiger partial charge in [-0.2, -0.15) is 0 Å². The van der Waals surface area contributed by atoms with Crippen molar-refractivity contribution in [3.8, 4) is 5.75 Å². The van der Waals surface area contributed by atoms with Gasteiger partial charge in [-0.3, -0.25) is 14.5 Å². The fourth-order valence-electron chi connectivity index (χ4n) is 4.95. The summed E-state index contributed by atoms with van der Waals surface area (Å²) in [5.41, 5.74) is 0.777. The van der Waals surface area contributed by atoms with E-state index in [0.29, 0.717) is 32.1 Å². The molecule has 1 aliphatic carbocycles. The summed E-state index contributed by atoms with van der Waals surface area (Å²) < 4.78 is 11.0. The van der Waals surface area contributed by atoms with E-state index in [9.17, 15) is 9.59 Å². The van der Waals surface area contributed by atoms with Crippen molar-refractivity contribution in [2.45, 2.75) is 50.6 Å². The van der Waals surface area contributed by atoms with Gasteiger partial charge in [0.1, 0.15) is 11.8 Å². The molecule has 190 valence electrons. The number of ether oxygens (including phenoxy) is 2. The number of benzene rings is 1. The molecule has 1 saturated carbocycles. The monoisotopic (exact) mass is 499 g/mol. The summed E-state index contributed by atoms with van der Waals surface area (Å²) in [6.07, 6.45) is 5.76. The number of nitrogens with zero attached hydrogens (tertiary/aromatic N) is 2. The number of nitrogens with one attached hydrogen (secondary N) is 1. The Morgan fingerprint density at radius 3 is 2.69 bits per heavy atom. The van der Waals surface area contributed by atoms with Gasteiger partial charge in [0.15, 0.2) is 0 Å². The second-order valence-electron chi connectivity index (χ2n) is 9.32. The van der Waals surface area contributed by atoms with Crippen LogP contribution >= 0.6 is 11.3 Å². The average Bonchev–Trinajstić information content (AvgIpc) is 3.40. The second kappa shape index (κ2) is 13.0. The van der Waals surface area contributed by atoms with E-state index in [4.69, 9.17) is 9.47 Å². The summed E-state index contributed by atoms with van der Waals surface area (Å²) in [5.74, 6) is 0.538. The minimum atomic E-state index is -0.708. The number of thiophene rings is 1. The van der Waals surface area contributed by atoms with Crippen molar-refractivity contribution in [3.05, 3.63) is 52.2 Å². The molecule has 1 aromatic carbocycles. The number of hydrogen-bond acceptors (Lipinski definition) is 6. The number of morpholine rings is 1. The van der Waals surface area contributed by atoms with Crippen molar-refractivity contribution in [2.24, 2.45) is 0 Å². The molecular formula is C27H37N3O4S. The standard InChI is InChI=1S/C27H37N3O4S/c1-33-23-10-5-7-21(19-23)26(27(32)28-22-8-3-2-4-9-22)30(13-12-29-14-16-34-17-15-29)25(31)20-24-11-6-18-35-24/h5-7,10-11,18-19,22,26H,2-4,8-9,12-17,20H2,1H3,(H,28,32). The average molecular weight is 500 g/mol. The SMILES string of the molecule is COc1cccc(C(C(=O)NC2CCCCC2)N(CCN2CCOCC2)C(=O)Cc2cccs2)c1. The summed E-state index contributed by atoms with van der Waals surface area (Å²) in [7, 11) is 1.62. The molecular weight excluding hydrogens is 462 g/mol. The molecule has 1 aromatic heterocycles. The first-order valence-corrected chi connectivity index (χ1v) is 13.6. The van der Waals surface area contributed by atoms with Gasteiger partial charge < -0.3 is 19.7 Å². The Kier molecular flexibility index (Phi) is 9.57. The van der Waals surface area contributed by atoms with E-state index in [1.807, 2.05) is 41.8 Å². The molecule has 2 aromatic rings. The Bertz CT molecular complexity index is 940. The molecule has 0 bridgehead atoms. The lowest BCUT2D eigenvalue weighted by Gasteiger charge is -2.35. The lowest BCUT2D eigenvalue weighted by molar-refractivity contribution is -0.141. The number of carbonyl (C=O) groups is 2. The van der Waals surface area contributed by atoms with Crippen molar-refractivity contribution in [1.82, 2.24) is 15.1 Å². The maximum Gasteiger partial charge on any atom is 0.247 e. The van der Waals surface area contributed by atoms with Crippen LogP contribution in [0.4, 0.5) is 0 Å². The Morgan fingerprint density at radius 1 is 1.17 bits per heavy atom. The zero-order valence-electron chi connectivity index (χ0n) is 20.6. The van der Waals surface area contributed by atoms with E-state index in [-0.39, 0.29) is 24.3 Å². The third-order valence-corrected chi connectivity index (χ3v) is 7.78. The smallest absolute Gasteiger partial charge is 0.247 e. The molecule has 1 unspecified atom stereocenters. The molecule has 1 atom stereocenters. The van der Waals surface area contributed by atoms with Crippen LogP contribution < -0.4 is 10.1 Å². The normalized spacial score (nSPS) is 18.1. The van der Waals surface area contributed by atoms with Gasteiger partial charge in [0.05, 0.1) is 26.7 Å². The molecule has 1 saturated heterocycles. The number of amides is 2. The van der Waals surface area contributed by atoms with E-state index in [1.165, 1.54) is 6.42 Å². The van der Waals surface area contributed by atoms with Crippen molar-refractivity contribution in [2.75, 3.05) is 46.5 Å². The van der Waals surface area contributed by atoms with Gasteiger partial charge in [0.2, 0.25) is 11.8 Å². The first-order valence-electron chi connectivity index (χ1n) is 12.7. The fourth-order valence-corrected chi connectivity index (χ4v) is 5.64. The van der Waals surface area contributed by atoms with Gasteiger partial charge in [-0.1, -0.05) is 37.5 Å². The van der Waals surface area contributed by atoms with Gasteiger partial charge in [0.25, 0.3) is 0 Å². The van der Waals surface area contributed by atoms with Crippen molar-refractivity contribution in [3.63, 3.8) is 0 Å². The van der Waals surface area contributed by atoms with E-state index in [0.717, 1.165) is 49.2 Å². The Morgan fingerprint density at radius 2 is 1.97 bits per heavy atom. The van der Waals surface area contributed by atoms with Crippen LogP contribution in [0, 0.1) is 0 Å². The largest absolute Gasteiger partial charge is 0.497 e. The molecule has 7 nitrogen and oxygen atoms in total. The summed E-state index contributed by atoms with van der Waals surface area (Å²) in [6, 6.07) is 11.0. The maximum atomic E-state index is 13.8. The third kappa shape index (κ3) is 7.29. The van der Waals surface area contributed by atoms with Gasteiger partial charge >= 0.3 is 0 Å². The van der Waals surface area contributed by atoms with Crippen LogP contribution in [-0.4, -0.2) is 74.2 Å². The first kappa shape index (κ1) is 25.7. The molecule has 35 heavy (non-hydrogen) atoms. The first-order chi connectivity index (χ1) is 17.1. The van der Waals surface area contributed by atoms with Crippen molar-refractivity contribution < 1.29 is 19.1 Å². The second-order valence-corrected chi connectivity index (χ2v) is 10.4. The third-order valence-electron chi connectivity index (χ3n) is 6.91. The van der Waals surface area contributed by atoms with Crippen LogP contribution in [0.1, 0.15) is 48.6 Å². The van der Waals surface area contributed by atoms with Crippen LogP contribution in [0.25, 0.3) is 0 Å². The van der Waals surface area contributed by atoms with Crippen LogP contribution in [0.3, 0.4) is 0 Å². The molecule has 1 aliphatic heterocycles. The molecule has 2 aliphatic rings. The highest BCUT2D eigenvalue weighted by Gasteiger charge is 2.33. The Labute approximate surface area is 212 Å². The highest BCUT2D eigenvalue weighted by molar-refractivity contribution is 7.10. The fraction of sp³-hybridized carbons (Fsp3) is 0.556. The van der Waals surface area contributed by atoms with Gasteiger partial charge in [0, 0.05) is 37.1 Å². The predicted molar refractivity (Wildman–Crippen MR) is 138 cm³/mol. The lowest BCUT2D eigenvalue weighted by Crippen LogP contribution is -2.50. The zero-order valence-corrected chi connectivity index (χ0v) is 21.4. The van der Waals surface area contributed by atoms with E-state index < -0.39 is 6.04 Å². The summed E-state index contributed by atoms with van der Waals surface area (Å²) in [5, 5.41) is 5.26. The van der Waals surface area contributed by atoms with Crippen LogP contribution in [-0.2, 0) is 20.7 Å². The van der Waals surface area contributed by atoms with Crippen molar-refractivity contribution in [1.29, 1.82) is 0 Å². The summed E-state index contributed by atoms with van der Waals surface area (Å²) >= 11 is 1.57. The van der Waals surface area contributed by atoms with Crippen LogP contribution in [0.15, 0.2) is 41.8 Å². The highest BCUT2D eigenvalue weighted by atomic mass is 32.1. The van der Waals surface area contributed by atoms with Gasteiger partial charge in [-0.15, -0.1) is 11.3 Å². The van der Waals surface area contributed by atoms with Crippen LogP contribution in [0.2, 0.25) is 0 Å². The minimum absolute atomic E-state index is 0.0349. The minimum Gasteiger partial charge on any atom is -0.497 e. The number of carbonyl (C=O) groups excluding carboxylic acids is 2. The Hall–Kier alpha value is -2.42.